The Hall–Kier alpha value is -1.63. The average Bonchev–Trinajstić information content (AvgIpc) is 2.20. The second-order valence-electron chi connectivity index (χ2n) is 3.30. The molecule has 0 spiro atoms. The summed E-state index contributed by atoms with van der Waals surface area (Å²) in [5, 5.41) is 9.25. The highest BCUT2D eigenvalue weighted by Crippen LogP contribution is 2.19. The van der Waals surface area contributed by atoms with Gasteiger partial charge in [0.15, 0.2) is 0 Å². The van der Waals surface area contributed by atoms with Crippen LogP contribution in [0.1, 0.15) is 11.1 Å². The highest BCUT2D eigenvalue weighted by atomic mass is 32.1. The number of halogens is 3. The van der Waals surface area contributed by atoms with Gasteiger partial charge in [-0.25, -0.2) is 4.99 Å². The summed E-state index contributed by atoms with van der Waals surface area (Å²) in [5.74, 6) is -1.46. The molecule has 7 heteroatoms. The van der Waals surface area contributed by atoms with Crippen molar-refractivity contribution in [1.82, 2.24) is 0 Å². The van der Waals surface area contributed by atoms with E-state index < -0.39 is 12.0 Å². The van der Waals surface area contributed by atoms with E-state index in [1.807, 2.05) is 0 Å². The number of thiocarbonyl (C=S) groups is 1. The van der Waals surface area contributed by atoms with Crippen LogP contribution in [0.3, 0.4) is 0 Å². The molecule has 0 aromatic heterocycles. The second kappa shape index (κ2) is 4.70. The number of rotatable bonds is 1. The standard InChI is InChI=1S/C10H9F3N2OS/c1-5-4-6(2-3-7(5)16)8(17)15-9(14)10(11,12)13/h2-4,16H,1H3,(H2,14,15,17). The summed E-state index contributed by atoms with van der Waals surface area (Å²) in [4.78, 5) is 2.83. The summed E-state index contributed by atoms with van der Waals surface area (Å²) in [5.41, 5.74) is 5.53. The van der Waals surface area contributed by atoms with Crippen molar-refractivity contribution < 1.29 is 18.3 Å². The maximum atomic E-state index is 12.1. The summed E-state index contributed by atoms with van der Waals surface area (Å²) in [6.07, 6.45) is -4.70. The molecule has 1 aromatic carbocycles. The quantitative estimate of drug-likeness (QED) is 0.464. The van der Waals surface area contributed by atoms with E-state index in [4.69, 9.17) is 18.0 Å². The van der Waals surface area contributed by atoms with Crippen molar-refractivity contribution in [1.29, 1.82) is 0 Å². The molecule has 0 radical (unpaired) electrons. The van der Waals surface area contributed by atoms with Crippen LogP contribution in [-0.2, 0) is 0 Å². The Kier molecular flexibility index (Phi) is 3.72. The zero-order valence-electron chi connectivity index (χ0n) is 8.75. The summed E-state index contributed by atoms with van der Waals surface area (Å²) in [6, 6.07) is 4.14. The maximum absolute atomic E-state index is 12.1. The number of phenols is 1. The Labute approximate surface area is 101 Å². The zero-order chi connectivity index (χ0) is 13.2. The first-order valence-corrected chi connectivity index (χ1v) is 4.88. The SMILES string of the molecule is Cc1cc(C(=S)N=C(N)C(F)(F)F)ccc1O. The van der Waals surface area contributed by atoms with Gasteiger partial charge in [-0.1, -0.05) is 12.2 Å². The molecule has 0 aliphatic carbocycles. The van der Waals surface area contributed by atoms with Gasteiger partial charge in [0.25, 0.3) is 0 Å². The van der Waals surface area contributed by atoms with E-state index in [1.54, 1.807) is 6.92 Å². The molecule has 0 aliphatic heterocycles. The number of nitrogens with two attached hydrogens (primary N) is 1. The second-order valence-corrected chi connectivity index (χ2v) is 3.69. The van der Waals surface area contributed by atoms with Gasteiger partial charge in [0.05, 0.1) is 0 Å². The number of alkyl halides is 3. The van der Waals surface area contributed by atoms with Gasteiger partial charge in [-0.3, -0.25) is 0 Å². The van der Waals surface area contributed by atoms with Gasteiger partial charge in [-0.2, -0.15) is 13.2 Å². The fraction of sp³-hybridized carbons (Fsp3) is 0.200. The molecule has 0 atom stereocenters. The van der Waals surface area contributed by atoms with E-state index in [1.165, 1.54) is 18.2 Å². The molecule has 92 valence electrons. The largest absolute Gasteiger partial charge is 0.508 e. The summed E-state index contributed by atoms with van der Waals surface area (Å²) in [6.45, 7) is 1.60. The van der Waals surface area contributed by atoms with Crippen molar-refractivity contribution in [3.05, 3.63) is 29.3 Å². The van der Waals surface area contributed by atoms with E-state index >= 15 is 0 Å². The molecule has 1 aromatic rings. The lowest BCUT2D eigenvalue weighted by molar-refractivity contribution is -0.0596. The molecule has 1 rings (SSSR count). The van der Waals surface area contributed by atoms with Crippen molar-refractivity contribution in [3.63, 3.8) is 0 Å². The van der Waals surface area contributed by atoms with Crippen LogP contribution in [-0.4, -0.2) is 22.1 Å². The predicted molar refractivity (Wildman–Crippen MR) is 62.2 cm³/mol. The third kappa shape index (κ3) is 3.42. The molecule has 0 amide bonds. The number of nitrogens with zero attached hydrogens (tertiary/aromatic N) is 1. The third-order valence-corrected chi connectivity index (χ3v) is 2.28. The average molecular weight is 262 g/mol. The number of phenolic OH excluding ortho intramolecular Hbond substituents is 1. The van der Waals surface area contributed by atoms with E-state index in [9.17, 15) is 18.3 Å². The van der Waals surface area contributed by atoms with Crippen LogP contribution in [0.25, 0.3) is 0 Å². The van der Waals surface area contributed by atoms with Gasteiger partial charge in [0, 0.05) is 5.56 Å². The molecule has 0 saturated carbocycles. The van der Waals surface area contributed by atoms with Gasteiger partial charge in [0.2, 0.25) is 5.84 Å². The lowest BCUT2D eigenvalue weighted by atomic mass is 10.1. The van der Waals surface area contributed by atoms with E-state index in [0.717, 1.165) is 0 Å². The van der Waals surface area contributed by atoms with Crippen LogP contribution in [0.2, 0.25) is 0 Å². The predicted octanol–water partition coefficient (Wildman–Crippen LogP) is 2.30. The number of aromatic hydroxyl groups is 1. The van der Waals surface area contributed by atoms with Gasteiger partial charge < -0.3 is 10.8 Å². The van der Waals surface area contributed by atoms with E-state index in [0.29, 0.717) is 11.1 Å². The van der Waals surface area contributed by atoms with Crippen LogP contribution < -0.4 is 5.73 Å². The van der Waals surface area contributed by atoms with Crippen molar-refractivity contribution in [3.8, 4) is 5.75 Å². The number of benzene rings is 1. The number of hydrogen-bond donors (Lipinski definition) is 2. The molecule has 0 heterocycles. The number of aryl methyl sites for hydroxylation is 1. The lowest BCUT2D eigenvalue weighted by Crippen LogP contribution is -2.32. The molecule has 0 unspecified atom stereocenters. The van der Waals surface area contributed by atoms with Gasteiger partial charge in [-0.15, -0.1) is 0 Å². The van der Waals surface area contributed by atoms with Crippen molar-refractivity contribution in [2.75, 3.05) is 0 Å². The fourth-order valence-corrected chi connectivity index (χ4v) is 1.25. The van der Waals surface area contributed by atoms with Crippen molar-refractivity contribution >= 4 is 23.0 Å². The van der Waals surface area contributed by atoms with Gasteiger partial charge in [-0.05, 0) is 30.7 Å². The van der Waals surface area contributed by atoms with Crippen LogP contribution in [0, 0.1) is 6.92 Å². The Morgan fingerprint density at radius 1 is 1.41 bits per heavy atom. The summed E-state index contributed by atoms with van der Waals surface area (Å²) < 4.78 is 36.3. The monoisotopic (exact) mass is 262 g/mol. The molecule has 0 fully saturated rings. The summed E-state index contributed by atoms with van der Waals surface area (Å²) in [7, 11) is 0. The topological polar surface area (TPSA) is 58.6 Å². The Morgan fingerprint density at radius 2 is 2.00 bits per heavy atom. The number of amidine groups is 1. The summed E-state index contributed by atoms with van der Waals surface area (Å²) >= 11 is 4.72. The van der Waals surface area contributed by atoms with Crippen molar-refractivity contribution in [2.24, 2.45) is 10.7 Å². The third-order valence-electron chi connectivity index (χ3n) is 1.96. The minimum Gasteiger partial charge on any atom is -0.508 e. The molecular weight excluding hydrogens is 253 g/mol. The zero-order valence-corrected chi connectivity index (χ0v) is 9.56. The van der Waals surface area contributed by atoms with Gasteiger partial charge in [0.1, 0.15) is 10.7 Å². The molecular formula is C10H9F3N2OS. The first-order valence-electron chi connectivity index (χ1n) is 4.47. The Balaban J connectivity index is 3.02. The van der Waals surface area contributed by atoms with Crippen LogP contribution in [0.15, 0.2) is 23.2 Å². The van der Waals surface area contributed by atoms with Crippen LogP contribution in [0.5, 0.6) is 5.75 Å². The number of aliphatic imine (C=N–C) groups is 1. The highest BCUT2D eigenvalue weighted by molar-refractivity contribution is 7.80. The minimum atomic E-state index is -4.70. The Morgan fingerprint density at radius 3 is 2.47 bits per heavy atom. The molecule has 3 nitrogen and oxygen atoms in total. The molecule has 0 saturated heterocycles. The highest BCUT2D eigenvalue weighted by Gasteiger charge is 2.33. The van der Waals surface area contributed by atoms with E-state index in [-0.39, 0.29) is 10.7 Å². The van der Waals surface area contributed by atoms with E-state index in [2.05, 4.69) is 4.99 Å². The smallest absolute Gasteiger partial charge is 0.449 e. The minimum absolute atomic E-state index is 0.0318. The normalized spacial score (nSPS) is 12.6. The Bertz CT molecular complexity index is 483. The maximum Gasteiger partial charge on any atom is 0.449 e. The van der Waals surface area contributed by atoms with Crippen LogP contribution in [0.4, 0.5) is 13.2 Å². The van der Waals surface area contributed by atoms with Crippen molar-refractivity contribution in [2.45, 2.75) is 13.1 Å². The molecule has 0 bridgehead atoms. The first kappa shape index (κ1) is 13.4. The number of hydrogen-bond acceptors (Lipinski definition) is 2. The molecule has 0 aliphatic rings. The molecule has 17 heavy (non-hydrogen) atoms. The lowest BCUT2D eigenvalue weighted by Gasteiger charge is -2.06. The van der Waals surface area contributed by atoms with Crippen LogP contribution >= 0.6 is 12.2 Å². The first-order chi connectivity index (χ1) is 7.71. The fourth-order valence-electron chi connectivity index (χ4n) is 1.03. The molecule has 3 N–H and O–H groups in total. The van der Waals surface area contributed by atoms with Gasteiger partial charge >= 0.3 is 6.18 Å².